The van der Waals surface area contributed by atoms with Crippen LogP contribution in [0.2, 0.25) is 10.3 Å². The maximum atomic E-state index is 5.59. The summed E-state index contributed by atoms with van der Waals surface area (Å²) < 4.78 is 4.33. The van der Waals surface area contributed by atoms with Gasteiger partial charge in [0.25, 0.3) is 0 Å². The Balaban J connectivity index is 0.000000151. The molecule has 7 heteroatoms. The van der Waals surface area contributed by atoms with Crippen molar-refractivity contribution in [1.82, 2.24) is 19.6 Å². The molecule has 2 heterocycles. The molecule has 0 N–H and O–H groups in total. The largest absolute Gasteiger partial charge is 0.274 e. The van der Waals surface area contributed by atoms with E-state index in [1.54, 1.807) is 21.6 Å². The van der Waals surface area contributed by atoms with E-state index >= 15 is 0 Å². The van der Waals surface area contributed by atoms with Crippen LogP contribution in [-0.4, -0.2) is 19.6 Å². The zero-order chi connectivity index (χ0) is 11.4. The van der Waals surface area contributed by atoms with Crippen molar-refractivity contribution < 1.29 is 0 Å². The van der Waals surface area contributed by atoms with Crippen LogP contribution in [0.1, 0.15) is 0 Å². The van der Waals surface area contributed by atoms with Gasteiger partial charge < -0.3 is 0 Å². The molecule has 2 aromatic rings. The van der Waals surface area contributed by atoms with Gasteiger partial charge in [-0.25, -0.2) is 0 Å². The Kier molecular flexibility index (Phi) is 4.88. The zero-order valence-corrected chi connectivity index (χ0v) is 11.8. The summed E-state index contributed by atoms with van der Waals surface area (Å²) in [6.45, 7) is 0. The topological polar surface area (TPSA) is 35.6 Å². The first-order valence-corrected chi connectivity index (χ1v) is 5.82. The molecule has 0 aliphatic carbocycles. The third kappa shape index (κ3) is 4.40. The minimum Gasteiger partial charge on any atom is -0.274 e. The molecular weight excluding hydrogens is 350 g/mol. The van der Waals surface area contributed by atoms with Gasteiger partial charge in [0.1, 0.15) is 0 Å². The SMILES string of the molecule is Cn1cc(I)c(Cl)n1.Cn1ccc(Cl)n1. The predicted molar refractivity (Wildman–Crippen MR) is 69.2 cm³/mol. The molecule has 2 rings (SSSR count). The van der Waals surface area contributed by atoms with E-state index in [1.165, 1.54) is 0 Å². The minimum absolute atomic E-state index is 0.544. The monoisotopic (exact) mass is 358 g/mol. The Hall–Kier alpha value is -0.270. The van der Waals surface area contributed by atoms with Gasteiger partial charge in [-0.05, 0) is 28.7 Å². The van der Waals surface area contributed by atoms with Crippen molar-refractivity contribution in [2.45, 2.75) is 0 Å². The normalized spacial score (nSPS) is 9.67. The molecule has 0 saturated heterocycles. The minimum atomic E-state index is 0.544. The van der Waals surface area contributed by atoms with Crippen LogP contribution in [0.3, 0.4) is 0 Å². The van der Waals surface area contributed by atoms with E-state index in [9.17, 15) is 0 Å². The number of hydrogen-bond acceptors (Lipinski definition) is 2. The Labute approximate surface area is 111 Å². The van der Waals surface area contributed by atoms with Gasteiger partial charge >= 0.3 is 0 Å². The number of hydrogen-bond donors (Lipinski definition) is 0. The molecule has 0 saturated carbocycles. The average molecular weight is 359 g/mol. The van der Waals surface area contributed by atoms with E-state index < -0.39 is 0 Å². The molecule has 0 atom stereocenters. The van der Waals surface area contributed by atoms with E-state index in [2.05, 4.69) is 32.8 Å². The summed E-state index contributed by atoms with van der Waals surface area (Å²) in [5.41, 5.74) is 0. The summed E-state index contributed by atoms with van der Waals surface area (Å²) in [6.07, 6.45) is 3.66. The number of aromatic nitrogens is 4. The lowest BCUT2D eigenvalue weighted by Crippen LogP contribution is -1.84. The van der Waals surface area contributed by atoms with Gasteiger partial charge in [-0.2, -0.15) is 10.2 Å². The number of halogens is 3. The fourth-order valence-corrected chi connectivity index (χ4v) is 1.67. The zero-order valence-electron chi connectivity index (χ0n) is 8.15. The van der Waals surface area contributed by atoms with Crippen molar-refractivity contribution in [2.24, 2.45) is 14.1 Å². The maximum Gasteiger partial charge on any atom is 0.164 e. The van der Waals surface area contributed by atoms with Gasteiger partial charge in [0, 0.05) is 26.5 Å². The van der Waals surface area contributed by atoms with Crippen molar-refractivity contribution in [3.63, 3.8) is 0 Å². The lowest BCUT2D eigenvalue weighted by molar-refractivity contribution is 0.768. The highest BCUT2D eigenvalue weighted by molar-refractivity contribution is 14.1. The second kappa shape index (κ2) is 5.72. The van der Waals surface area contributed by atoms with Gasteiger partial charge in [0.15, 0.2) is 10.3 Å². The number of nitrogens with zero attached hydrogens (tertiary/aromatic N) is 4. The van der Waals surface area contributed by atoms with Gasteiger partial charge in [-0.3, -0.25) is 9.36 Å². The molecule has 0 radical (unpaired) electrons. The molecule has 0 unspecified atom stereocenters. The van der Waals surface area contributed by atoms with E-state index in [4.69, 9.17) is 23.2 Å². The molecular formula is C8H9Cl2IN4. The maximum absolute atomic E-state index is 5.59. The number of rotatable bonds is 0. The molecule has 2 aromatic heterocycles. The second-order valence-corrected chi connectivity index (χ2v) is 4.66. The lowest BCUT2D eigenvalue weighted by atomic mass is 10.7. The van der Waals surface area contributed by atoms with E-state index in [-0.39, 0.29) is 0 Å². The summed E-state index contributed by atoms with van der Waals surface area (Å²) in [4.78, 5) is 0. The third-order valence-electron chi connectivity index (χ3n) is 1.42. The molecule has 82 valence electrons. The third-order valence-corrected chi connectivity index (χ3v) is 3.01. The summed E-state index contributed by atoms with van der Waals surface area (Å²) >= 11 is 13.1. The summed E-state index contributed by atoms with van der Waals surface area (Å²) in [5, 5.41) is 8.80. The molecule has 0 spiro atoms. The Bertz CT molecular complexity index is 402. The van der Waals surface area contributed by atoms with Crippen LogP contribution in [0.5, 0.6) is 0 Å². The van der Waals surface area contributed by atoms with Crippen LogP contribution in [0, 0.1) is 3.57 Å². The van der Waals surface area contributed by atoms with Crippen LogP contribution in [-0.2, 0) is 14.1 Å². The fraction of sp³-hybridized carbons (Fsp3) is 0.250. The highest BCUT2D eigenvalue weighted by Gasteiger charge is 1.97. The van der Waals surface area contributed by atoms with Crippen molar-refractivity contribution >= 4 is 45.8 Å². The van der Waals surface area contributed by atoms with Crippen LogP contribution in [0.4, 0.5) is 0 Å². The molecule has 0 bridgehead atoms. The Morgan fingerprint density at radius 1 is 1.20 bits per heavy atom. The summed E-state index contributed by atoms with van der Waals surface area (Å²) in [5.74, 6) is 0. The van der Waals surface area contributed by atoms with E-state index in [0.29, 0.717) is 10.3 Å². The molecule has 0 fully saturated rings. The Morgan fingerprint density at radius 3 is 2.00 bits per heavy atom. The standard InChI is InChI=1S/C4H4ClIN2.C4H5ClN2/c1-8-2-3(6)4(5)7-8;1-7-3-2-4(5)6-7/h2H,1H3;2-3H,1H3. The molecule has 0 aromatic carbocycles. The first-order valence-electron chi connectivity index (χ1n) is 3.99. The summed E-state index contributed by atoms with van der Waals surface area (Å²) in [7, 11) is 3.67. The lowest BCUT2D eigenvalue weighted by Gasteiger charge is -1.78. The second-order valence-electron chi connectivity index (χ2n) is 2.75. The molecule has 0 aliphatic rings. The van der Waals surface area contributed by atoms with Gasteiger partial charge in [-0.15, -0.1) is 0 Å². The first-order chi connectivity index (χ1) is 6.99. The Morgan fingerprint density at radius 2 is 1.87 bits per heavy atom. The van der Waals surface area contributed by atoms with Crippen molar-refractivity contribution in [2.75, 3.05) is 0 Å². The molecule has 4 nitrogen and oxygen atoms in total. The quantitative estimate of drug-likeness (QED) is 0.679. The van der Waals surface area contributed by atoms with E-state index in [1.807, 2.05) is 20.3 Å². The van der Waals surface area contributed by atoms with Crippen molar-refractivity contribution in [1.29, 1.82) is 0 Å². The predicted octanol–water partition coefficient (Wildman–Crippen LogP) is 2.75. The fourth-order valence-electron chi connectivity index (χ4n) is 0.819. The van der Waals surface area contributed by atoms with Crippen LogP contribution >= 0.6 is 45.8 Å². The van der Waals surface area contributed by atoms with Crippen LogP contribution in [0.25, 0.3) is 0 Å². The molecule has 15 heavy (non-hydrogen) atoms. The smallest absolute Gasteiger partial charge is 0.164 e. The van der Waals surface area contributed by atoms with Crippen LogP contribution < -0.4 is 0 Å². The van der Waals surface area contributed by atoms with Gasteiger partial charge in [-0.1, -0.05) is 23.2 Å². The van der Waals surface area contributed by atoms with E-state index in [0.717, 1.165) is 3.57 Å². The number of aryl methyl sites for hydroxylation is 2. The highest BCUT2D eigenvalue weighted by atomic mass is 127. The van der Waals surface area contributed by atoms with Crippen molar-refractivity contribution in [3.8, 4) is 0 Å². The first kappa shape index (κ1) is 12.8. The molecule has 0 aliphatic heterocycles. The highest BCUT2D eigenvalue weighted by Crippen LogP contribution is 2.13. The van der Waals surface area contributed by atoms with Gasteiger partial charge in [0.05, 0.1) is 3.57 Å². The van der Waals surface area contributed by atoms with Gasteiger partial charge in [0.2, 0.25) is 0 Å². The molecule has 0 amide bonds. The average Bonchev–Trinajstić information content (AvgIpc) is 2.61. The summed E-state index contributed by atoms with van der Waals surface area (Å²) in [6, 6.07) is 1.74. The van der Waals surface area contributed by atoms with Crippen LogP contribution in [0.15, 0.2) is 18.5 Å². The van der Waals surface area contributed by atoms with Crippen molar-refractivity contribution in [3.05, 3.63) is 32.3 Å².